The summed E-state index contributed by atoms with van der Waals surface area (Å²) < 4.78 is 0. The van der Waals surface area contributed by atoms with Crippen LogP contribution in [-0.2, 0) is 9.59 Å². The molecule has 0 N–H and O–H groups in total. The minimum absolute atomic E-state index is 0.00815. The number of nitrogens with zero attached hydrogens (tertiary/aromatic N) is 1. The van der Waals surface area contributed by atoms with E-state index in [-0.39, 0.29) is 29.7 Å². The molecule has 0 aromatic heterocycles. The molecule has 5 rings (SSSR count). The van der Waals surface area contributed by atoms with Gasteiger partial charge in [0.2, 0.25) is 11.8 Å². The van der Waals surface area contributed by atoms with Gasteiger partial charge in [-0.25, -0.2) is 0 Å². The maximum atomic E-state index is 12.7. The van der Waals surface area contributed by atoms with Gasteiger partial charge in [-0.1, -0.05) is 12.2 Å². The smallest absolute Gasteiger partial charge is 0.233 e. The van der Waals surface area contributed by atoms with Crippen molar-refractivity contribution >= 4 is 11.8 Å². The van der Waals surface area contributed by atoms with E-state index in [0.717, 1.165) is 0 Å². The SMILES string of the molecule is C[C@H](C1CC1)N1C(=O)[C@@H]2[C@H](C1=O)[C@@H]1C=C[C@H]2C12CC2. The Morgan fingerprint density at radius 1 is 1.11 bits per heavy atom. The third-order valence-electron chi connectivity index (χ3n) is 6.60. The van der Waals surface area contributed by atoms with E-state index in [0.29, 0.717) is 23.2 Å². The van der Waals surface area contributed by atoms with E-state index in [2.05, 4.69) is 19.1 Å². The highest BCUT2D eigenvalue weighted by atomic mass is 16.2. The summed E-state index contributed by atoms with van der Waals surface area (Å²) in [5.74, 6) is 1.60. The number of rotatable bonds is 2. The Morgan fingerprint density at radius 2 is 1.63 bits per heavy atom. The molecule has 0 unspecified atom stereocenters. The van der Waals surface area contributed by atoms with Crippen LogP contribution in [0, 0.1) is 35.0 Å². The topological polar surface area (TPSA) is 37.4 Å². The van der Waals surface area contributed by atoms with Gasteiger partial charge in [0.25, 0.3) is 0 Å². The van der Waals surface area contributed by atoms with E-state index in [1.54, 1.807) is 4.90 Å². The average Bonchev–Trinajstić information content (AvgIpc) is 3.27. The van der Waals surface area contributed by atoms with Crippen molar-refractivity contribution in [3.8, 4) is 0 Å². The number of amides is 2. The average molecular weight is 257 g/mol. The molecule has 3 nitrogen and oxygen atoms in total. The Morgan fingerprint density at radius 3 is 2.05 bits per heavy atom. The fraction of sp³-hybridized carbons (Fsp3) is 0.750. The summed E-state index contributed by atoms with van der Waals surface area (Å²) in [7, 11) is 0. The lowest BCUT2D eigenvalue weighted by Gasteiger charge is -2.26. The molecule has 3 heteroatoms. The molecule has 1 aliphatic heterocycles. The minimum atomic E-state index is -0.00815. The van der Waals surface area contributed by atoms with Crippen molar-refractivity contribution in [2.45, 2.75) is 38.6 Å². The Balaban J connectivity index is 1.54. The Hall–Kier alpha value is -1.12. The van der Waals surface area contributed by atoms with Crippen LogP contribution in [-0.4, -0.2) is 22.8 Å². The van der Waals surface area contributed by atoms with E-state index in [4.69, 9.17) is 0 Å². The summed E-state index contributed by atoms with van der Waals surface area (Å²) in [6, 6.07) is 0.139. The molecular formula is C16H19NO2. The van der Waals surface area contributed by atoms with E-state index in [9.17, 15) is 9.59 Å². The van der Waals surface area contributed by atoms with Crippen LogP contribution >= 0.6 is 0 Å². The van der Waals surface area contributed by atoms with Crippen molar-refractivity contribution in [1.29, 1.82) is 0 Å². The largest absolute Gasteiger partial charge is 0.279 e. The predicted octanol–water partition coefficient (Wildman–Crippen LogP) is 1.98. The van der Waals surface area contributed by atoms with E-state index in [1.165, 1.54) is 25.7 Å². The zero-order valence-corrected chi connectivity index (χ0v) is 11.2. The van der Waals surface area contributed by atoms with Gasteiger partial charge in [-0.3, -0.25) is 14.5 Å². The molecule has 2 amide bonds. The Labute approximate surface area is 113 Å². The number of allylic oxidation sites excluding steroid dienone is 2. The zero-order valence-electron chi connectivity index (χ0n) is 11.2. The number of carbonyl (C=O) groups is 2. The highest BCUT2D eigenvalue weighted by Crippen LogP contribution is 2.73. The lowest BCUT2D eigenvalue weighted by Crippen LogP contribution is -2.42. The number of imide groups is 1. The molecule has 19 heavy (non-hydrogen) atoms. The first-order chi connectivity index (χ1) is 9.15. The van der Waals surface area contributed by atoms with Crippen LogP contribution < -0.4 is 0 Å². The van der Waals surface area contributed by atoms with Crippen molar-refractivity contribution in [3.05, 3.63) is 12.2 Å². The first-order valence-corrected chi connectivity index (χ1v) is 7.70. The Bertz CT molecular complexity index is 495. The second kappa shape index (κ2) is 2.97. The molecule has 4 aliphatic carbocycles. The molecule has 4 fully saturated rings. The van der Waals surface area contributed by atoms with Crippen molar-refractivity contribution in [3.63, 3.8) is 0 Å². The van der Waals surface area contributed by atoms with Gasteiger partial charge in [0.1, 0.15) is 0 Å². The predicted molar refractivity (Wildman–Crippen MR) is 68.8 cm³/mol. The highest BCUT2D eigenvalue weighted by molar-refractivity contribution is 6.07. The van der Waals surface area contributed by atoms with Crippen LogP contribution in [0.25, 0.3) is 0 Å². The second-order valence-corrected chi connectivity index (χ2v) is 7.35. The molecule has 1 saturated heterocycles. The summed E-state index contributed by atoms with van der Waals surface area (Å²) in [5, 5.41) is 0. The number of fused-ring (bicyclic) bond motifs is 3. The van der Waals surface area contributed by atoms with Crippen LogP contribution in [0.1, 0.15) is 32.6 Å². The summed E-state index contributed by atoms with van der Waals surface area (Å²) in [6.45, 7) is 2.07. The monoisotopic (exact) mass is 257 g/mol. The van der Waals surface area contributed by atoms with E-state index >= 15 is 0 Å². The van der Waals surface area contributed by atoms with Gasteiger partial charge in [-0.15, -0.1) is 0 Å². The maximum Gasteiger partial charge on any atom is 0.233 e. The number of carbonyl (C=O) groups excluding carboxylic acids is 2. The van der Waals surface area contributed by atoms with Gasteiger partial charge < -0.3 is 0 Å². The molecule has 0 aromatic rings. The standard InChI is InChI=1S/C16H19NO2/c1-8(9-2-3-9)17-14(18)12-10-4-5-11(13(12)15(17)19)16(10)6-7-16/h4-5,8-13H,2-3,6-7H2,1H3/t8-,10-,11+,12+,13-/m1/s1. The van der Waals surface area contributed by atoms with Crippen LogP contribution in [0.3, 0.4) is 0 Å². The summed E-state index contributed by atoms with van der Waals surface area (Å²) in [5.41, 5.74) is 0.329. The van der Waals surface area contributed by atoms with Crippen molar-refractivity contribution in [2.24, 2.45) is 35.0 Å². The summed E-state index contributed by atoms with van der Waals surface area (Å²) in [6.07, 6.45) is 9.30. The number of likely N-dealkylation sites (tertiary alicyclic amines) is 1. The van der Waals surface area contributed by atoms with E-state index in [1.807, 2.05) is 0 Å². The van der Waals surface area contributed by atoms with Crippen molar-refractivity contribution in [1.82, 2.24) is 4.90 Å². The van der Waals surface area contributed by atoms with Gasteiger partial charge >= 0.3 is 0 Å². The fourth-order valence-corrected chi connectivity index (χ4v) is 5.29. The highest BCUT2D eigenvalue weighted by Gasteiger charge is 2.73. The normalized spacial score (nSPS) is 46.3. The molecule has 100 valence electrons. The van der Waals surface area contributed by atoms with Crippen molar-refractivity contribution < 1.29 is 9.59 Å². The zero-order chi connectivity index (χ0) is 12.9. The first kappa shape index (κ1) is 10.6. The summed E-state index contributed by atoms with van der Waals surface area (Å²) in [4.78, 5) is 27.1. The molecule has 1 heterocycles. The van der Waals surface area contributed by atoms with Crippen LogP contribution in [0.15, 0.2) is 12.2 Å². The first-order valence-electron chi connectivity index (χ1n) is 7.70. The maximum absolute atomic E-state index is 12.7. The quantitative estimate of drug-likeness (QED) is 0.560. The second-order valence-electron chi connectivity index (χ2n) is 7.35. The molecule has 5 aliphatic rings. The van der Waals surface area contributed by atoms with Crippen LogP contribution in [0.5, 0.6) is 0 Å². The van der Waals surface area contributed by atoms with E-state index < -0.39 is 0 Å². The van der Waals surface area contributed by atoms with Gasteiger partial charge in [0, 0.05) is 6.04 Å². The number of hydrogen-bond donors (Lipinski definition) is 0. The molecule has 5 atom stereocenters. The molecular weight excluding hydrogens is 238 g/mol. The molecule has 2 bridgehead atoms. The number of hydrogen-bond acceptors (Lipinski definition) is 2. The molecule has 0 radical (unpaired) electrons. The van der Waals surface area contributed by atoms with Crippen molar-refractivity contribution in [2.75, 3.05) is 0 Å². The van der Waals surface area contributed by atoms with Gasteiger partial charge in [0.15, 0.2) is 0 Å². The van der Waals surface area contributed by atoms with Gasteiger partial charge in [0.05, 0.1) is 11.8 Å². The molecule has 1 spiro atoms. The van der Waals surface area contributed by atoms with Crippen LogP contribution in [0.2, 0.25) is 0 Å². The molecule has 3 saturated carbocycles. The Kier molecular flexibility index (Phi) is 1.66. The lowest BCUT2D eigenvalue weighted by molar-refractivity contribution is -0.144. The minimum Gasteiger partial charge on any atom is -0.279 e. The third kappa shape index (κ3) is 1.04. The van der Waals surface area contributed by atoms with Gasteiger partial charge in [-0.2, -0.15) is 0 Å². The van der Waals surface area contributed by atoms with Gasteiger partial charge in [-0.05, 0) is 55.8 Å². The third-order valence-corrected chi connectivity index (χ3v) is 6.60. The molecule has 0 aromatic carbocycles. The summed E-state index contributed by atoms with van der Waals surface area (Å²) >= 11 is 0. The fourth-order valence-electron chi connectivity index (χ4n) is 5.29. The van der Waals surface area contributed by atoms with Crippen LogP contribution in [0.4, 0.5) is 0 Å². The lowest BCUT2D eigenvalue weighted by atomic mass is 9.85.